The Morgan fingerprint density at radius 1 is 1.10 bits per heavy atom. The van der Waals surface area contributed by atoms with Crippen LogP contribution in [0, 0.1) is 11.3 Å². The first kappa shape index (κ1) is 22.1. The summed E-state index contributed by atoms with van der Waals surface area (Å²) in [4.78, 5) is 24.1. The van der Waals surface area contributed by atoms with Crippen LogP contribution in [0.4, 0.5) is 0 Å². The Morgan fingerprint density at radius 2 is 1.74 bits per heavy atom. The van der Waals surface area contributed by atoms with Crippen molar-refractivity contribution in [3.8, 4) is 34.2 Å². The maximum Gasteiger partial charge on any atom is 0.303 e. The molecule has 0 atom stereocenters. The van der Waals surface area contributed by atoms with Gasteiger partial charge in [0.25, 0.3) is 5.56 Å². The molecule has 1 N–H and O–H groups in total. The van der Waals surface area contributed by atoms with Crippen molar-refractivity contribution in [2.45, 2.75) is 25.8 Å². The molecule has 0 fully saturated rings. The lowest BCUT2D eigenvalue weighted by Gasteiger charge is -2.17. The Bertz CT molecular complexity index is 1180. The van der Waals surface area contributed by atoms with E-state index in [2.05, 4.69) is 0 Å². The summed E-state index contributed by atoms with van der Waals surface area (Å²) >= 11 is 5.99. The Labute approximate surface area is 184 Å². The van der Waals surface area contributed by atoms with Gasteiger partial charge in [0.15, 0.2) is 0 Å². The van der Waals surface area contributed by atoms with Crippen LogP contribution in [0.15, 0.2) is 59.4 Å². The number of aromatic nitrogens is 1. The topological polar surface area (TPSA) is 92.3 Å². The average Bonchev–Trinajstić information content (AvgIpc) is 2.77. The summed E-state index contributed by atoms with van der Waals surface area (Å²) in [6.45, 7) is 0.309. The summed E-state index contributed by atoms with van der Waals surface area (Å²) in [6, 6.07) is 18.1. The first-order valence-corrected chi connectivity index (χ1v) is 10.1. The smallest absolute Gasteiger partial charge is 0.303 e. The number of nitriles is 1. The molecule has 0 aliphatic rings. The minimum atomic E-state index is -0.876. The lowest BCUT2D eigenvalue weighted by Crippen LogP contribution is -2.25. The first-order chi connectivity index (χ1) is 14.9. The third-order valence-corrected chi connectivity index (χ3v) is 5.23. The van der Waals surface area contributed by atoms with E-state index >= 15 is 0 Å². The quantitative estimate of drug-likeness (QED) is 0.503. The molecule has 3 rings (SSSR count). The van der Waals surface area contributed by atoms with Crippen molar-refractivity contribution in [3.05, 3.63) is 75.5 Å². The fourth-order valence-electron chi connectivity index (χ4n) is 3.38. The molecule has 0 spiro atoms. The highest BCUT2D eigenvalue weighted by Crippen LogP contribution is 2.29. The van der Waals surface area contributed by atoms with Gasteiger partial charge in [-0.15, -0.1) is 0 Å². The maximum atomic E-state index is 13.3. The summed E-state index contributed by atoms with van der Waals surface area (Å²) in [7, 11) is 1.58. The van der Waals surface area contributed by atoms with Gasteiger partial charge >= 0.3 is 5.97 Å². The summed E-state index contributed by atoms with van der Waals surface area (Å²) < 4.78 is 6.77. The van der Waals surface area contributed by atoms with Gasteiger partial charge in [0, 0.05) is 23.6 Å². The predicted molar refractivity (Wildman–Crippen MR) is 119 cm³/mol. The van der Waals surface area contributed by atoms with Crippen molar-refractivity contribution in [1.29, 1.82) is 5.26 Å². The zero-order chi connectivity index (χ0) is 22.4. The number of unbranched alkanes of at least 4 members (excludes halogenated alkanes) is 1. The first-order valence-electron chi connectivity index (χ1n) is 9.74. The number of benzene rings is 2. The van der Waals surface area contributed by atoms with E-state index in [0.717, 1.165) is 5.56 Å². The van der Waals surface area contributed by atoms with Crippen molar-refractivity contribution in [1.82, 2.24) is 4.57 Å². The lowest BCUT2D eigenvalue weighted by atomic mass is 9.98. The number of carboxylic acid groups (broad SMARTS) is 1. The van der Waals surface area contributed by atoms with E-state index in [1.165, 1.54) is 0 Å². The molecule has 0 bridgehead atoms. The highest BCUT2D eigenvalue weighted by atomic mass is 35.5. The molecule has 158 valence electrons. The fraction of sp³-hybridized carbons (Fsp3) is 0.208. The molecular weight excluding hydrogens is 416 g/mol. The zero-order valence-corrected chi connectivity index (χ0v) is 17.7. The number of aliphatic carboxylic acids is 1. The standard InChI is InChI=1S/C24H21ClN2O4/c1-31-19-11-7-17(8-12-19)22-14-20(16-5-9-18(25)10-6-16)21(15-26)24(30)27(22)13-3-2-4-23(28)29/h5-12,14H,2-4,13H2,1H3,(H,28,29). The molecular formula is C24H21ClN2O4. The monoisotopic (exact) mass is 436 g/mol. The van der Waals surface area contributed by atoms with Crippen molar-refractivity contribution in [2.24, 2.45) is 0 Å². The number of methoxy groups -OCH3 is 1. The van der Waals surface area contributed by atoms with Crippen LogP contribution in [-0.2, 0) is 11.3 Å². The van der Waals surface area contributed by atoms with Crippen molar-refractivity contribution < 1.29 is 14.6 Å². The van der Waals surface area contributed by atoms with E-state index < -0.39 is 11.5 Å². The van der Waals surface area contributed by atoms with Gasteiger partial charge in [0.1, 0.15) is 17.4 Å². The molecule has 7 heteroatoms. The van der Waals surface area contributed by atoms with Crippen LogP contribution in [0.2, 0.25) is 5.02 Å². The molecule has 0 saturated carbocycles. The fourth-order valence-corrected chi connectivity index (χ4v) is 3.51. The van der Waals surface area contributed by atoms with Gasteiger partial charge in [-0.2, -0.15) is 5.26 Å². The number of carboxylic acids is 1. The number of pyridine rings is 1. The number of ether oxygens (including phenoxy) is 1. The molecule has 31 heavy (non-hydrogen) atoms. The van der Waals surface area contributed by atoms with Gasteiger partial charge in [-0.1, -0.05) is 23.7 Å². The maximum absolute atomic E-state index is 13.3. The molecule has 0 aliphatic carbocycles. The molecule has 0 radical (unpaired) electrons. The number of hydrogen-bond acceptors (Lipinski definition) is 4. The molecule has 6 nitrogen and oxygen atoms in total. The van der Waals surface area contributed by atoms with Crippen molar-refractivity contribution >= 4 is 17.6 Å². The minimum absolute atomic E-state index is 0.0284. The predicted octanol–water partition coefficient (Wildman–Crippen LogP) is 4.97. The molecule has 0 aliphatic heterocycles. The Balaban J connectivity index is 2.15. The van der Waals surface area contributed by atoms with Crippen LogP contribution in [0.3, 0.4) is 0 Å². The van der Waals surface area contributed by atoms with Gasteiger partial charge in [-0.05, 0) is 66.4 Å². The van der Waals surface area contributed by atoms with Crippen LogP contribution < -0.4 is 10.3 Å². The van der Waals surface area contributed by atoms with E-state index in [9.17, 15) is 14.9 Å². The second-order valence-corrected chi connectivity index (χ2v) is 7.41. The van der Waals surface area contributed by atoms with Gasteiger partial charge < -0.3 is 14.4 Å². The van der Waals surface area contributed by atoms with E-state index in [0.29, 0.717) is 47.0 Å². The Hall–Kier alpha value is -3.56. The van der Waals surface area contributed by atoms with E-state index in [1.807, 2.05) is 24.3 Å². The molecule has 0 saturated heterocycles. The van der Waals surface area contributed by atoms with Gasteiger partial charge in [0.05, 0.1) is 12.8 Å². The van der Waals surface area contributed by atoms with Crippen LogP contribution in [0.25, 0.3) is 22.4 Å². The molecule has 3 aromatic rings. The van der Waals surface area contributed by atoms with Crippen LogP contribution in [-0.4, -0.2) is 22.8 Å². The summed E-state index contributed by atoms with van der Waals surface area (Å²) in [5.74, 6) is -0.191. The minimum Gasteiger partial charge on any atom is -0.497 e. The molecule has 2 aromatic carbocycles. The largest absolute Gasteiger partial charge is 0.497 e. The number of rotatable bonds is 8. The second kappa shape index (κ2) is 9.96. The number of nitrogens with zero attached hydrogens (tertiary/aromatic N) is 2. The van der Waals surface area contributed by atoms with Gasteiger partial charge in [-0.25, -0.2) is 0 Å². The summed E-state index contributed by atoms with van der Waals surface area (Å²) in [5, 5.41) is 19.2. The number of halogens is 1. The summed E-state index contributed by atoms with van der Waals surface area (Å²) in [6.07, 6.45) is 0.964. The molecule has 0 amide bonds. The molecule has 0 unspecified atom stereocenters. The number of carbonyl (C=O) groups is 1. The van der Waals surface area contributed by atoms with E-state index in [-0.39, 0.29) is 12.0 Å². The Kier molecular flexibility index (Phi) is 7.11. The highest BCUT2D eigenvalue weighted by Gasteiger charge is 2.17. The van der Waals surface area contributed by atoms with E-state index in [4.69, 9.17) is 21.4 Å². The average molecular weight is 437 g/mol. The van der Waals surface area contributed by atoms with Crippen molar-refractivity contribution in [2.75, 3.05) is 7.11 Å². The van der Waals surface area contributed by atoms with Crippen LogP contribution in [0.5, 0.6) is 5.75 Å². The molecule has 1 aromatic heterocycles. The SMILES string of the molecule is COc1ccc(-c2cc(-c3ccc(Cl)cc3)c(C#N)c(=O)n2CCCCC(=O)O)cc1. The van der Waals surface area contributed by atoms with E-state index in [1.54, 1.807) is 48.1 Å². The highest BCUT2D eigenvalue weighted by molar-refractivity contribution is 6.30. The summed E-state index contributed by atoms with van der Waals surface area (Å²) in [5.41, 5.74) is 2.30. The normalized spacial score (nSPS) is 10.5. The third-order valence-electron chi connectivity index (χ3n) is 4.98. The lowest BCUT2D eigenvalue weighted by molar-refractivity contribution is -0.137. The zero-order valence-electron chi connectivity index (χ0n) is 17.0. The third kappa shape index (κ3) is 5.14. The van der Waals surface area contributed by atoms with Crippen molar-refractivity contribution in [3.63, 3.8) is 0 Å². The molecule has 1 heterocycles. The Morgan fingerprint density at radius 3 is 2.32 bits per heavy atom. The van der Waals surface area contributed by atoms with Crippen LogP contribution >= 0.6 is 11.6 Å². The number of hydrogen-bond donors (Lipinski definition) is 1. The van der Waals surface area contributed by atoms with Crippen LogP contribution in [0.1, 0.15) is 24.8 Å². The van der Waals surface area contributed by atoms with Gasteiger partial charge in [0.2, 0.25) is 0 Å². The second-order valence-electron chi connectivity index (χ2n) is 6.97. The van der Waals surface area contributed by atoms with Gasteiger partial charge in [-0.3, -0.25) is 9.59 Å².